The molecule has 0 aromatic carbocycles. The number of hydrogen-bond acceptors (Lipinski definition) is 4. The molecule has 6 heteroatoms. The zero-order chi connectivity index (χ0) is 21.4. The van der Waals surface area contributed by atoms with Crippen molar-refractivity contribution in [3.8, 4) is 0 Å². The fourth-order valence-electron chi connectivity index (χ4n) is 2.42. The second-order valence-electron chi connectivity index (χ2n) is 9.80. The third kappa shape index (κ3) is 9.89. The summed E-state index contributed by atoms with van der Waals surface area (Å²) in [6.45, 7) is 19.2. The molecule has 0 spiro atoms. The van der Waals surface area contributed by atoms with Gasteiger partial charge in [0.25, 0.3) is 0 Å². The maximum Gasteiger partial charge on any atom is 4.00 e. The molecule has 0 aliphatic heterocycles. The van der Waals surface area contributed by atoms with Gasteiger partial charge in [0.15, 0.2) is 0 Å². The number of carbonyl (C=O) groups excluding carboxylic acids is 2. The molecule has 0 heterocycles. The van der Waals surface area contributed by atoms with Crippen LogP contribution in [0.3, 0.4) is 0 Å². The van der Waals surface area contributed by atoms with Gasteiger partial charge in [0, 0.05) is 22.8 Å². The second kappa shape index (κ2) is 13.8. The largest absolute Gasteiger partial charge is 4.00 e. The number of carboxylic acid groups (broad SMARTS) is 2. The molecule has 0 aromatic rings. The standard InChI is InChI=1S/2C11H22O2.O.Ti/c2*1-6-7-8-10(2,3)11(4,5)9(12)13;;/h2*6-8H2,1-5H3,(H,12,13);;/q;;-2;+4/p-2. The van der Waals surface area contributed by atoms with Crippen molar-refractivity contribution in [3.63, 3.8) is 0 Å². The van der Waals surface area contributed by atoms with Crippen LogP contribution in [-0.4, -0.2) is 11.9 Å². The summed E-state index contributed by atoms with van der Waals surface area (Å²) >= 11 is 0. The average Bonchev–Trinajstić information content (AvgIpc) is 2.50. The van der Waals surface area contributed by atoms with Crippen molar-refractivity contribution in [2.75, 3.05) is 0 Å². The van der Waals surface area contributed by atoms with E-state index in [0.29, 0.717) is 0 Å². The van der Waals surface area contributed by atoms with Gasteiger partial charge >= 0.3 is 21.7 Å². The Morgan fingerprint density at radius 2 is 0.857 bits per heavy atom. The maximum atomic E-state index is 10.9. The van der Waals surface area contributed by atoms with Crippen LogP contribution in [0, 0.1) is 21.7 Å². The molecule has 5 nitrogen and oxygen atoms in total. The molecule has 0 aliphatic carbocycles. The first-order valence-electron chi connectivity index (χ1n) is 9.94. The fraction of sp³-hybridized carbons (Fsp3) is 0.909. The van der Waals surface area contributed by atoms with Crippen LogP contribution < -0.4 is 10.2 Å². The minimum atomic E-state index is -0.950. The van der Waals surface area contributed by atoms with Crippen LogP contribution in [0.2, 0.25) is 0 Å². The first-order chi connectivity index (χ1) is 11.5. The van der Waals surface area contributed by atoms with E-state index in [1.54, 1.807) is 27.7 Å². The normalized spacial score (nSPS) is 12.1. The molecule has 0 radical (unpaired) electrons. The number of unbranched alkanes of at least 4 members (excludes halogenated alkanes) is 2. The van der Waals surface area contributed by atoms with Crippen LogP contribution in [0.4, 0.5) is 0 Å². The predicted molar refractivity (Wildman–Crippen MR) is 105 cm³/mol. The zero-order valence-corrected chi connectivity index (χ0v) is 21.3. The van der Waals surface area contributed by atoms with Gasteiger partial charge in [-0.05, 0) is 23.7 Å². The van der Waals surface area contributed by atoms with E-state index < -0.39 is 22.8 Å². The molecular formula is C22H42O5Ti. The van der Waals surface area contributed by atoms with Gasteiger partial charge < -0.3 is 25.3 Å². The molecule has 0 aromatic heterocycles. The molecule has 0 saturated heterocycles. The Kier molecular flexibility index (Phi) is 17.2. The Balaban J connectivity index is -0.000000192. The summed E-state index contributed by atoms with van der Waals surface area (Å²) in [6.07, 6.45) is 6.22. The number of aliphatic carboxylic acids is 2. The molecule has 164 valence electrons. The van der Waals surface area contributed by atoms with Crippen molar-refractivity contribution in [3.05, 3.63) is 0 Å². The van der Waals surface area contributed by atoms with E-state index in [0.717, 1.165) is 38.5 Å². The van der Waals surface area contributed by atoms with Crippen LogP contribution in [0.1, 0.15) is 108 Å². The molecule has 0 amide bonds. The van der Waals surface area contributed by atoms with Gasteiger partial charge in [0.1, 0.15) is 0 Å². The van der Waals surface area contributed by atoms with Crippen molar-refractivity contribution in [1.29, 1.82) is 0 Å². The Labute approximate surface area is 188 Å². The van der Waals surface area contributed by atoms with Crippen molar-refractivity contribution in [2.45, 2.75) is 108 Å². The van der Waals surface area contributed by atoms with E-state index in [4.69, 9.17) is 0 Å². The summed E-state index contributed by atoms with van der Waals surface area (Å²) in [5.41, 5.74) is -1.88. The van der Waals surface area contributed by atoms with Gasteiger partial charge in [-0.2, -0.15) is 0 Å². The summed E-state index contributed by atoms with van der Waals surface area (Å²) in [5, 5.41) is 21.8. The zero-order valence-electron chi connectivity index (χ0n) is 19.8. The first kappa shape index (κ1) is 35.1. The Hall–Kier alpha value is -0.386. The molecule has 28 heavy (non-hydrogen) atoms. The van der Waals surface area contributed by atoms with E-state index >= 15 is 0 Å². The van der Waals surface area contributed by atoms with Crippen molar-refractivity contribution < 1.29 is 47.0 Å². The monoisotopic (exact) mass is 434 g/mol. The quantitative estimate of drug-likeness (QED) is 0.487. The maximum absolute atomic E-state index is 10.9. The first-order valence-corrected chi connectivity index (χ1v) is 9.94. The number of carboxylic acids is 2. The summed E-state index contributed by atoms with van der Waals surface area (Å²) < 4.78 is 0. The number of carbonyl (C=O) groups is 2. The molecule has 0 bridgehead atoms. The summed E-state index contributed by atoms with van der Waals surface area (Å²) in [4.78, 5) is 21.8. The SMILES string of the molecule is CCCCC(C)(C)C(C)(C)C(=O)[O-].CCCCC(C)(C)C(C)(C)C(=O)[O-].[O-2].[Ti+4]. The molecule has 0 unspecified atom stereocenters. The van der Waals surface area contributed by atoms with Gasteiger partial charge in [-0.3, -0.25) is 0 Å². The van der Waals surface area contributed by atoms with E-state index in [9.17, 15) is 19.8 Å². The molecule has 0 saturated carbocycles. The smallest absolute Gasteiger partial charge is 2.00 e. The van der Waals surface area contributed by atoms with E-state index in [-0.39, 0.29) is 38.0 Å². The Morgan fingerprint density at radius 3 is 1.00 bits per heavy atom. The second-order valence-corrected chi connectivity index (χ2v) is 9.80. The third-order valence-corrected chi connectivity index (χ3v) is 6.72. The summed E-state index contributed by atoms with van der Waals surface area (Å²) in [6, 6.07) is 0. The minimum absolute atomic E-state index is 0. The summed E-state index contributed by atoms with van der Waals surface area (Å²) in [5.74, 6) is -1.90. The van der Waals surface area contributed by atoms with Gasteiger partial charge in [-0.15, -0.1) is 0 Å². The molecule has 0 N–H and O–H groups in total. The van der Waals surface area contributed by atoms with Crippen molar-refractivity contribution in [1.82, 2.24) is 0 Å². The van der Waals surface area contributed by atoms with Crippen molar-refractivity contribution in [2.24, 2.45) is 21.7 Å². The van der Waals surface area contributed by atoms with Crippen LogP contribution in [0.25, 0.3) is 0 Å². The minimum Gasteiger partial charge on any atom is -2.00 e. The number of rotatable bonds is 10. The molecule has 0 atom stereocenters. The Morgan fingerprint density at radius 1 is 0.643 bits per heavy atom. The van der Waals surface area contributed by atoms with Gasteiger partial charge in [0.05, 0.1) is 0 Å². The van der Waals surface area contributed by atoms with Crippen LogP contribution in [0.15, 0.2) is 0 Å². The average molecular weight is 434 g/mol. The number of hydrogen-bond donors (Lipinski definition) is 0. The summed E-state index contributed by atoms with van der Waals surface area (Å²) in [7, 11) is 0. The Bertz CT molecular complexity index is 412. The van der Waals surface area contributed by atoms with E-state index in [2.05, 4.69) is 13.8 Å². The van der Waals surface area contributed by atoms with E-state index in [1.807, 2.05) is 27.7 Å². The van der Waals surface area contributed by atoms with Crippen LogP contribution >= 0.6 is 0 Å². The van der Waals surface area contributed by atoms with Crippen molar-refractivity contribution >= 4 is 11.9 Å². The fourth-order valence-corrected chi connectivity index (χ4v) is 2.42. The third-order valence-electron chi connectivity index (χ3n) is 6.72. The van der Waals surface area contributed by atoms with Gasteiger partial charge in [-0.25, -0.2) is 0 Å². The van der Waals surface area contributed by atoms with Crippen LogP contribution in [0.5, 0.6) is 0 Å². The predicted octanol–water partition coefficient (Wildman–Crippen LogP) is 3.84. The van der Waals surface area contributed by atoms with Gasteiger partial charge in [0.2, 0.25) is 0 Å². The molecule has 0 aliphatic rings. The van der Waals surface area contributed by atoms with Crippen LogP contribution in [-0.2, 0) is 36.8 Å². The topological polar surface area (TPSA) is 109 Å². The molecule has 0 fully saturated rings. The molecular weight excluding hydrogens is 392 g/mol. The van der Waals surface area contributed by atoms with E-state index in [1.165, 1.54) is 0 Å². The van der Waals surface area contributed by atoms with Gasteiger partial charge in [-0.1, -0.05) is 94.9 Å². The molecule has 0 rings (SSSR count).